The second kappa shape index (κ2) is 3.97. The predicted molar refractivity (Wildman–Crippen MR) is 49.3 cm³/mol. The molecule has 1 N–H and O–H groups in total. The first-order valence-electron chi connectivity index (χ1n) is 4.27. The van der Waals surface area contributed by atoms with Crippen LogP contribution in [0.25, 0.3) is 0 Å². The third kappa shape index (κ3) is 1.94. The molecule has 0 aliphatic rings. The molecule has 0 aliphatic carbocycles. The Balaban J connectivity index is 2.11. The molecule has 2 aromatic heterocycles. The average Bonchev–Trinajstić information content (AvgIpc) is 2.67. The van der Waals surface area contributed by atoms with Crippen LogP contribution < -0.4 is 0 Å². The van der Waals surface area contributed by atoms with Crippen molar-refractivity contribution < 1.29 is 5.11 Å². The molecule has 0 radical (unpaired) electrons. The van der Waals surface area contributed by atoms with E-state index in [-0.39, 0.29) is 6.61 Å². The molecule has 14 heavy (non-hydrogen) atoms. The maximum absolute atomic E-state index is 8.79. The zero-order valence-electron chi connectivity index (χ0n) is 7.54. The lowest BCUT2D eigenvalue weighted by Gasteiger charge is -1.98. The van der Waals surface area contributed by atoms with Crippen LogP contribution in [0, 0.1) is 0 Å². The van der Waals surface area contributed by atoms with Gasteiger partial charge in [0.15, 0.2) is 0 Å². The van der Waals surface area contributed by atoms with Gasteiger partial charge in [-0.15, -0.1) is 5.10 Å². The van der Waals surface area contributed by atoms with Crippen molar-refractivity contribution in [3.8, 4) is 0 Å². The fourth-order valence-electron chi connectivity index (χ4n) is 1.17. The van der Waals surface area contributed by atoms with Gasteiger partial charge in [0.25, 0.3) is 0 Å². The Morgan fingerprint density at radius 3 is 3.00 bits per heavy atom. The van der Waals surface area contributed by atoms with E-state index in [1.165, 1.54) is 0 Å². The number of aromatic nitrogens is 4. The van der Waals surface area contributed by atoms with Gasteiger partial charge in [-0.05, 0) is 11.6 Å². The summed E-state index contributed by atoms with van der Waals surface area (Å²) in [4.78, 5) is 4.00. The van der Waals surface area contributed by atoms with Crippen LogP contribution in [0.1, 0.15) is 11.3 Å². The summed E-state index contributed by atoms with van der Waals surface area (Å²) in [6, 6.07) is 3.84. The fraction of sp³-hybridized carbons (Fsp3) is 0.222. The number of pyridine rings is 1. The van der Waals surface area contributed by atoms with Crippen molar-refractivity contribution in [1.29, 1.82) is 0 Å². The summed E-state index contributed by atoms with van der Waals surface area (Å²) < 4.78 is 1.67. The normalized spacial score (nSPS) is 10.4. The van der Waals surface area contributed by atoms with Gasteiger partial charge in [0.1, 0.15) is 5.69 Å². The quantitative estimate of drug-likeness (QED) is 0.751. The first-order valence-corrected chi connectivity index (χ1v) is 4.27. The van der Waals surface area contributed by atoms with E-state index >= 15 is 0 Å². The van der Waals surface area contributed by atoms with Crippen LogP contribution >= 0.6 is 0 Å². The van der Waals surface area contributed by atoms with E-state index in [1.807, 2.05) is 12.1 Å². The summed E-state index contributed by atoms with van der Waals surface area (Å²) in [5, 5.41) is 16.4. The highest BCUT2D eigenvalue weighted by Gasteiger charge is 1.99. The number of aliphatic hydroxyl groups is 1. The molecule has 0 fully saturated rings. The third-order valence-electron chi connectivity index (χ3n) is 1.82. The molecular formula is C9H10N4O. The van der Waals surface area contributed by atoms with E-state index in [0.717, 1.165) is 5.56 Å². The second-order valence-electron chi connectivity index (χ2n) is 2.93. The minimum Gasteiger partial charge on any atom is -0.390 e. The lowest BCUT2D eigenvalue weighted by molar-refractivity contribution is 0.276. The highest BCUT2D eigenvalue weighted by Crippen LogP contribution is 2.00. The Morgan fingerprint density at radius 2 is 2.36 bits per heavy atom. The Morgan fingerprint density at radius 1 is 1.43 bits per heavy atom. The highest BCUT2D eigenvalue weighted by molar-refractivity contribution is 5.08. The number of hydrogen-bond donors (Lipinski definition) is 1. The van der Waals surface area contributed by atoms with Gasteiger partial charge in [-0.25, -0.2) is 4.68 Å². The summed E-state index contributed by atoms with van der Waals surface area (Å²) in [6.45, 7) is 0.549. The van der Waals surface area contributed by atoms with Crippen molar-refractivity contribution in [3.63, 3.8) is 0 Å². The van der Waals surface area contributed by atoms with Crippen LogP contribution in [0.2, 0.25) is 0 Å². The van der Waals surface area contributed by atoms with Crippen molar-refractivity contribution in [1.82, 2.24) is 20.0 Å². The average molecular weight is 190 g/mol. The van der Waals surface area contributed by atoms with Gasteiger partial charge < -0.3 is 5.11 Å². The number of aliphatic hydroxyl groups excluding tert-OH is 1. The zero-order chi connectivity index (χ0) is 9.80. The van der Waals surface area contributed by atoms with Gasteiger partial charge in [-0.2, -0.15) is 0 Å². The lowest BCUT2D eigenvalue weighted by Crippen LogP contribution is -2.00. The molecule has 72 valence electrons. The van der Waals surface area contributed by atoms with Crippen molar-refractivity contribution in [3.05, 3.63) is 42.0 Å². The third-order valence-corrected chi connectivity index (χ3v) is 1.82. The Bertz CT molecular complexity index is 398. The van der Waals surface area contributed by atoms with Crippen molar-refractivity contribution in [2.75, 3.05) is 0 Å². The van der Waals surface area contributed by atoms with Crippen LogP contribution in [0.3, 0.4) is 0 Å². The number of rotatable bonds is 3. The first-order chi connectivity index (χ1) is 6.88. The molecule has 0 atom stereocenters. The highest BCUT2D eigenvalue weighted by atomic mass is 16.3. The molecule has 5 nitrogen and oxygen atoms in total. The summed E-state index contributed by atoms with van der Waals surface area (Å²) in [7, 11) is 0. The Kier molecular flexibility index (Phi) is 2.51. The largest absolute Gasteiger partial charge is 0.390 e. The summed E-state index contributed by atoms with van der Waals surface area (Å²) in [5.74, 6) is 0. The summed E-state index contributed by atoms with van der Waals surface area (Å²) in [6.07, 6.45) is 5.22. The molecule has 2 heterocycles. The van der Waals surface area contributed by atoms with Crippen LogP contribution in [0.5, 0.6) is 0 Å². The Hall–Kier alpha value is -1.75. The smallest absolute Gasteiger partial charge is 0.108 e. The molecule has 2 rings (SSSR count). The maximum atomic E-state index is 8.79. The van der Waals surface area contributed by atoms with Gasteiger partial charge in [0.05, 0.1) is 19.3 Å². The summed E-state index contributed by atoms with van der Waals surface area (Å²) >= 11 is 0. The predicted octanol–water partition coefficient (Wildman–Crippen LogP) is 0.214. The van der Waals surface area contributed by atoms with E-state index in [1.54, 1.807) is 23.3 Å². The van der Waals surface area contributed by atoms with E-state index < -0.39 is 0 Å². The second-order valence-corrected chi connectivity index (χ2v) is 2.93. The van der Waals surface area contributed by atoms with Crippen LogP contribution in [0.4, 0.5) is 0 Å². The first kappa shape index (κ1) is 8.83. The minimum absolute atomic E-state index is 0.0763. The zero-order valence-corrected chi connectivity index (χ0v) is 7.54. The van der Waals surface area contributed by atoms with Gasteiger partial charge in [-0.3, -0.25) is 4.98 Å². The molecule has 0 saturated heterocycles. The molecule has 0 saturated carbocycles. The van der Waals surface area contributed by atoms with Gasteiger partial charge >= 0.3 is 0 Å². The van der Waals surface area contributed by atoms with Crippen LogP contribution in [-0.4, -0.2) is 25.1 Å². The van der Waals surface area contributed by atoms with Crippen molar-refractivity contribution >= 4 is 0 Å². The fourth-order valence-corrected chi connectivity index (χ4v) is 1.17. The molecule has 2 aromatic rings. The molecule has 5 heteroatoms. The van der Waals surface area contributed by atoms with Gasteiger partial charge in [0.2, 0.25) is 0 Å². The van der Waals surface area contributed by atoms with Crippen LogP contribution in [0.15, 0.2) is 30.7 Å². The molecular weight excluding hydrogens is 180 g/mol. The maximum Gasteiger partial charge on any atom is 0.108 e. The SMILES string of the molecule is OCc1cn(Cc2cccnc2)nn1. The van der Waals surface area contributed by atoms with Crippen molar-refractivity contribution in [2.24, 2.45) is 0 Å². The molecule has 0 spiro atoms. The lowest BCUT2D eigenvalue weighted by atomic mass is 10.3. The van der Waals surface area contributed by atoms with Gasteiger partial charge in [0, 0.05) is 12.4 Å². The monoisotopic (exact) mass is 190 g/mol. The molecule has 0 unspecified atom stereocenters. The van der Waals surface area contributed by atoms with Gasteiger partial charge in [-0.1, -0.05) is 11.3 Å². The Labute approximate surface area is 81.0 Å². The standard InChI is InChI=1S/C9H10N4O/c14-7-9-6-13(12-11-9)5-8-2-1-3-10-4-8/h1-4,6,14H,5,7H2. The summed E-state index contributed by atoms with van der Waals surface area (Å²) in [5.41, 5.74) is 1.63. The molecule has 0 aliphatic heterocycles. The van der Waals surface area contributed by atoms with E-state index in [9.17, 15) is 0 Å². The van der Waals surface area contributed by atoms with Crippen molar-refractivity contribution in [2.45, 2.75) is 13.2 Å². The minimum atomic E-state index is -0.0763. The molecule has 0 aromatic carbocycles. The molecule has 0 bridgehead atoms. The topological polar surface area (TPSA) is 63.8 Å². The van der Waals surface area contributed by atoms with E-state index in [2.05, 4.69) is 15.3 Å². The van der Waals surface area contributed by atoms with Crippen LogP contribution in [-0.2, 0) is 13.2 Å². The number of nitrogens with zero attached hydrogens (tertiary/aromatic N) is 4. The van der Waals surface area contributed by atoms with E-state index in [0.29, 0.717) is 12.2 Å². The van der Waals surface area contributed by atoms with E-state index in [4.69, 9.17) is 5.11 Å². The number of hydrogen-bond acceptors (Lipinski definition) is 4. The molecule has 0 amide bonds.